The smallest absolute Gasteiger partial charge is 0.143 e. The summed E-state index contributed by atoms with van der Waals surface area (Å²) in [6.45, 7) is 10.3. The number of nitrogens with zero attached hydrogens (tertiary/aromatic N) is 2. The average Bonchev–Trinajstić information content (AvgIpc) is 3.07. The van der Waals surface area contributed by atoms with Gasteiger partial charge in [0.25, 0.3) is 0 Å². The van der Waals surface area contributed by atoms with Crippen molar-refractivity contribution in [1.29, 1.82) is 0 Å². The molecular weight excluding hydrogens is 320 g/mol. The van der Waals surface area contributed by atoms with Gasteiger partial charge < -0.3 is 14.2 Å². The van der Waals surface area contributed by atoms with E-state index in [0.29, 0.717) is 6.61 Å². The molecule has 0 aliphatic carbocycles. The van der Waals surface area contributed by atoms with Crippen molar-refractivity contribution < 1.29 is 4.74 Å². The zero-order chi connectivity index (χ0) is 18.4. The van der Waals surface area contributed by atoms with Gasteiger partial charge in [-0.3, -0.25) is 0 Å². The van der Waals surface area contributed by atoms with Crippen molar-refractivity contribution in [1.82, 2.24) is 9.47 Å². The Balaban J connectivity index is 1.90. The van der Waals surface area contributed by atoms with Crippen LogP contribution in [0.5, 0.6) is 5.75 Å². The molecule has 26 heavy (non-hydrogen) atoms. The second-order valence-electron chi connectivity index (χ2n) is 6.40. The molecule has 0 spiro atoms. The van der Waals surface area contributed by atoms with Gasteiger partial charge in [-0.1, -0.05) is 56.3 Å². The third-order valence-corrected chi connectivity index (χ3v) is 4.81. The van der Waals surface area contributed by atoms with Crippen LogP contribution in [0.1, 0.15) is 19.5 Å². The highest BCUT2D eigenvalue weighted by Gasteiger charge is 2.13. The molecule has 0 radical (unpaired) electrons. The minimum atomic E-state index is 0.694. The SMILES string of the molecule is CCN(CC)CCOc1ccccc1-n1c(C)ccc1-c1ccccc1. The van der Waals surface area contributed by atoms with Crippen LogP contribution in [-0.4, -0.2) is 35.7 Å². The molecule has 0 saturated heterocycles. The van der Waals surface area contributed by atoms with E-state index in [9.17, 15) is 0 Å². The van der Waals surface area contributed by atoms with Crippen molar-refractivity contribution in [3.05, 3.63) is 72.4 Å². The minimum Gasteiger partial charge on any atom is -0.490 e. The van der Waals surface area contributed by atoms with E-state index in [2.05, 4.69) is 84.8 Å². The van der Waals surface area contributed by atoms with E-state index in [0.717, 1.165) is 31.1 Å². The number of hydrogen-bond donors (Lipinski definition) is 0. The Morgan fingerprint density at radius 1 is 0.846 bits per heavy atom. The van der Waals surface area contributed by atoms with Gasteiger partial charge in [0.15, 0.2) is 0 Å². The fourth-order valence-electron chi connectivity index (χ4n) is 3.28. The van der Waals surface area contributed by atoms with Gasteiger partial charge in [0.2, 0.25) is 0 Å². The first-order valence-electron chi connectivity index (χ1n) is 9.43. The van der Waals surface area contributed by atoms with Crippen molar-refractivity contribution in [2.24, 2.45) is 0 Å². The van der Waals surface area contributed by atoms with E-state index < -0.39 is 0 Å². The molecule has 0 saturated carbocycles. The van der Waals surface area contributed by atoms with Gasteiger partial charge in [0, 0.05) is 12.2 Å². The first kappa shape index (κ1) is 18.3. The van der Waals surface area contributed by atoms with E-state index in [4.69, 9.17) is 4.74 Å². The normalized spacial score (nSPS) is 11.1. The lowest BCUT2D eigenvalue weighted by Crippen LogP contribution is -2.28. The quantitative estimate of drug-likeness (QED) is 0.558. The zero-order valence-corrected chi connectivity index (χ0v) is 16.0. The number of aromatic nitrogens is 1. The van der Waals surface area contributed by atoms with Crippen LogP contribution in [0.25, 0.3) is 16.9 Å². The van der Waals surface area contributed by atoms with Crippen LogP contribution in [0.2, 0.25) is 0 Å². The summed E-state index contributed by atoms with van der Waals surface area (Å²) in [5.41, 5.74) is 4.68. The van der Waals surface area contributed by atoms with E-state index in [1.54, 1.807) is 0 Å². The molecule has 0 unspecified atom stereocenters. The molecule has 3 nitrogen and oxygen atoms in total. The monoisotopic (exact) mass is 348 g/mol. The van der Waals surface area contributed by atoms with Crippen LogP contribution in [0.15, 0.2) is 66.7 Å². The lowest BCUT2D eigenvalue weighted by Gasteiger charge is -2.20. The first-order chi connectivity index (χ1) is 12.7. The van der Waals surface area contributed by atoms with Crippen molar-refractivity contribution in [2.75, 3.05) is 26.2 Å². The summed E-state index contributed by atoms with van der Waals surface area (Å²) >= 11 is 0. The third-order valence-electron chi connectivity index (χ3n) is 4.81. The summed E-state index contributed by atoms with van der Waals surface area (Å²) < 4.78 is 8.46. The fourth-order valence-corrected chi connectivity index (χ4v) is 3.28. The number of likely N-dealkylation sites (N-methyl/N-ethyl adjacent to an activating group) is 1. The lowest BCUT2D eigenvalue weighted by molar-refractivity contribution is 0.222. The highest BCUT2D eigenvalue weighted by Crippen LogP contribution is 2.31. The summed E-state index contributed by atoms with van der Waals surface area (Å²) in [5, 5.41) is 0. The second-order valence-corrected chi connectivity index (χ2v) is 6.40. The fraction of sp³-hybridized carbons (Fsp3) is 0.304. The van der Waals surface area contributed by atoms with E-state index in [-0.39, 0.29) is 0 Å². The molecule has 0 N–H and O–H groups in total. The van der Waals surface area contributed by atoms with E-state index >= 15 is 0 Å². The predicted octanol–water partition coefficient (Wildman–Crippen LogP) is 5.17. The van der Waals surface area contributed by atoms with Gasteiger partial charge in [-0.2, -0.15) is 0 Å². The molecule has 3 aromatic rings. The van der Waals surface area contributed by atoms with Crippen LogP contribution in [0, 0.1) is 6.92 Å². The van der Waals surface area contributed by atoms with E-state index in [1.807, 2.05) is 12.1 Å². The number of ether oxygens (including phenoxy) is 1. The predicted molar refractivity (Wildman–Crippen MR) is 109 cm³/mol. The third kappa shape index (κ3) is 4.00. The first-order valence-corrected chi connectivity index (χ1v) is 9.43. The average molecular weight is 348 g/mol. The molecular formula is C23H28N2O. The number of para-hydroxylation sites is 2. The largest absolute Gasteiger partial charge is 0.490 e. The zero-order valence-electron chi connectivity index (χ0n) is 16.0. The Kier molecular flexibility index (Phi) is 6.13. The summed E-state index contributed by atoms with van der Waals surface area (Å²) in [7, 11) is 0. The van der Waals surface area contributed by atoms with Crippen molar-refractivity contribution in [2.45, 2.75) is 20.8 Å². The summed E-state index contributed by atoms with van der Waals surface area (Å²) in [4.78, 5) is 2.37. The molecule has 1 aromatic heterocycles. The Morgan fingerprint density at radius 3 is 2.27 bits per heavy atom. The summed E-state index contributed by atoms with van der Waals surface area (Å²) in [6.07, 6.45) is 0. The van der Waals surface area contributed by atoms with Gasteiger partial charge in [0.1, 0.15) is 12.4 Å². The van der Waals surface area contributed by atoms with E-state index in [1.165, 1.54) is 17.0 Å². The molecule has 1 heterocycles. The van der Waals surface area contributed by atoms with Crippen LogP contribution < -0.4 is 4.74 Å². The molecule has 0 aliphatic rings. The Hall–Kier alpha value is -2.52. The molecule has 0 aliphatic heterocycles. The van der Waals surface area contributed by atoms with Crippen molar-refractivity contribution in [3.63, 3.8) is 0 Å². The van der Waals surface area contributed by atoms with Crippen molar-refractivity contribution in [3.8, 4) is 22.7 Å². The van der Waals surface area contributed by atoms with Crippen LogP contribution in [0.3, 0.4) is 0 Å². The number of rotatable bonds is 8. The van der Waals surface area contributed by atoms with Gasteiger partial charge in [0.05, 0.1) is 11.4 Å². The molecule has 0 bridgehead atoms. The molecule has 3 rings (SSSR count). The molecule has 136 valence electrons. The highest BCUT2D eigenvalue weighted by molar-refractivity contribution is 5.65. The van der Waals surface area contributed by atoms with Gasteiger partial charge in [-0.15, -0.1) is 0 Å². The molecule has 3 heteroatoms. The Morgan fingerprint density at radius 2 is 1.54 bits per heavy atom. The number of aryl methyl sites for hydroxylation is 1. The van der Waals surface area contributed by atoms with Gasteiger partial charge in [-0.25, -0.2) is 0 Å². The maximum atomic E-state index is 6.18. The molecule has 0 amide bonds. The van der Waals surface area contributed by atoms with Crippen LogP contribution in [0.4, 0.5) is 0 Å². The second kappa shape index (κ2) is 8.72. The number of benzene rings is 2. The standard InChI is InChI=1S/C23H28N2O/c1-4-24(5-2)17-18-26-23-14-10-9-13-22(23)25-19(3)15-16-21(25)20-11-7-6-8-12-20/h6-16H,4-5,17-18H2,1-3H3. The van der Waals surface area contributed by atoms with Crippen molar-refractivity contribution >= 4 is 0 Å². The number of hydrogen-bond acceptors (Lipinski definition) is 2. The maximum Gasteiger partial charge on any atom is 0.143 e. The topological polar surface area (TPSA) is 17.4 Å². The maximum absolute atomic E-state index is 6.18. The van der Waals surface area contributed by atoms with Crippen LogP contribution in [-0.2, 0) is 0 Å². The Labute approximate surface area is 156 Å². The van der Waals surface area contributed by atoms with Crippen LogP contribution >= 0.6 is 0 Å². The highest BCUT2D eigenvalue weighted by atomic mass is 16.5. The summed E-state index contributed by atoms with van der Waals surface area (Å²) in [6, 6.07) is 23.1. The Bertz CT molecular complexity index is 819. The molecule has 2 aromatic carbocycles. The van der Waals surface area contributed by atoms with Gasteiger partial charge in [-0.05, 0) is 49.8 Å². The molecule has 0 fully saturated rings. The minimum absolute atomic E-state index is 0.694. The van der Waals surface area contributed by atoms with Gasteiger partial charge >= 0.3 is 0 Å². The summed E-state index contributed by atoms with van der Waals surface area (Å²) in [5.74, 6) is 0.927. The lowest BCUT2D eigenvalue weighted by atomic mass is 10.1. The molecule has 0 atom stereocenters.